The first-order chi connectivity index (χ1) is 10.1. The van der Waals surface area contributed by atoms with Crippen LogP contribution in [-0.2, 0) is 11.2 Å². The summed E-state index contributed by atoms with van der Waals surface area (Å²) in [4.78, 5) is 17.0. The van der Waals surface area contributed by atoms with Gasteiger partial charge < -0.3 is 0 Å². The molecule has 4 nitrogen and oxygen atoms in total. The maximum Gasteiger partial charge on any atom is 0.269 e. The summed E-state index contributed by atoms with van der Waals surface area (Å²) < 4.78 is 0.628. The number of nitrogens with zero attached hydrogens (tertiary/aromatic N) is 2. The van der Waals surface area contributed by atoms with Crippen LogP contribution in [0.1, 0.15) is 17.4 Å². The lowest BCUT2D eigenvalue weighted by molar-refractivity contribution is -0.125. The van der Waals surface area contributed by atoms with Crippen molar-refractivity contribution in [3.8, 4) is 0 Å². The van der Waals surface area contributed by atoms with Crippen molar-refractivity contribution in [1.82, 2.24) is 5.06 Å². The summed E-state index contributed by atoms with van der Waals surface area (Å²) in [6, 6.07) is 9.22. The summed E-state index contributed by atoms with van der Waals surface area (Å²) in [5.74, 6) is -0.370. The Bertz CT molecular complexity index is 828. The van der Waals surface area contributed by atoms with Gasteiger partial charge in [-0.05, 0) is 18.6 Å². The van der Waals surface area contributed by atoms with Gasteiger partial charge in [-0.15, -0.1) is 11.3 Å². The summed E-state index contributed by atoms with van der Waals surface area (Å²) in [6.45, 7) is 1.86. The van der Waals surface area contributed by atoms with Gasteiger partial charge >= 0.3 is 0 Å². The molecule has 1 aromatic carbocycles. The third-order valence-electron chi connectivity index (χ3n) is 3.27. The zero-order chi connectivity index (χ0) is 15.0. The SMILES string of the molecule is CCc1cc2c(s1)=NC(=O)CN(O)C=2c1ccccc1Cl. The van der Waals surface area contributed by atoms with Gasteiger partial charge in [-0.2, -0.15) is 0 Å². The standard InChI is InChI=1S/C15H13ClN2O2S/c1-2-9-7-11-14(10-5-3-4-6-12(10)16)18(20)8-13(19)17-15(11)21-9/h3-7,20H,2,8H2,1H3. The smallest absolute Gasteiger partial charge is 0.269 e. The molecule has 1 amide bonds. The fraction of sp³-hybridized carbons (Fsp3) is 0.200. The van der Waals surface area contributed by atoms with Gasteiger partial charge in [0, 0.05) is 20.7 Å². The molecule has 108 valence electrons. The maximum atomic E-state index is 11.8. The highest BCUT2D eigenvalue weighted by molar-refractivity contribution is 7.09. The third-order valence-corrected chi connectivity index (χ3v) is 4.77. The topological polar surface area (TPSA) is 52.9 Å². The molecule has 0 saturated carbocycles. The van der Waals surface area contributed by atoms with Crippen molar-refractivity contribution in [1.29, 1.82) is 0 Å². The monoisotopic (exact) mass is 320 g/mol. The first kappa shape index (κ1) is 14.3. The Morgan fingerprint density at radius 1 is 1.43 bits per heavy atom. The molecule has 2 aromatic rings. The lowest BCUT2D eigenvalue weighted by Gasteiger charge is -2.18. The second kappa shape index (κ2) is 5.60. The van der Waals surface area contributed by atoms with E-state index in [9.17, 15) is 10.0 Å². The number of aryl methyl sites for hydroxylation is 1. The van der Waals surface area contributed by atoms with Crippen LogP contribution in [0.15, 0.2) is 35.3 Å². The molecule has 21 heavy (non-hydrogen) atoms. The molecule has 0 bridgehead atoms. The fourth-order valence-corrected chi connectivity index (χ4v) is 3.50. The highest BCUT2D eigenvalue weighted by Crippen LogP contribution is 2.24. The number of carbonyl (C=O) groups excluding carboxylic acids is 1. The van der Waals surface area contributed by atoms with E-state index in [1.807, 2.05) is 31.2 Å². The lowest BCUT2D eigenvalue weighted by Crippen LogP contribution is -2.29. The number of hydroxylamine groups is 2. The van der Waals surface area contributed by atoms with Crippen molar-refractivity contribution in [3.05, 3.63) is 55.7 Å². The number of amides is 1. The minimum Gasteiger partial charge on any atom is -0.288 e. The second-order valence-electron chi connectivity index (χ2n) is 4.68. The number of fused-ring (bicyclic) bond motifs is 1. The van der Waals surface area contributed by atoms with Gasteiger partial charge in [0.1, 0.15) is 11.2 Å². The Labute approximate surface area is 130 Å². The molecular weight excluding hydrogens is 308 g/mol. The molecule has 0 radical (unpaired) electrons. The van der Waals surface area contributed by atoms with E-state index in [0.29, 0.717) is 21.0 Å². The average molecular weight is 321 g/mol. The number of benzene rings is 1. The van der Waals surface area contributed by atoms with Crippen molar-refractivity contribution >= 4 is 34.5 Å². The number of carbonyl (C=O) groups is 1. The van der Waals surface area contributed by atoms with Gasteiger partial charge in [-0.25, -0.2) is 10.1 Å². The minimum absolute atomic E-state index is 0.177. The van der Waals surface area contributed by atoms with E-state index >= 15 is 0 Å². The Morgan fingerprint density at radius 2 is 2.19 bits per heavy atom. The van der Waals surface area contributed by atoms with Gasteiger partial charge in [-0.3, -0.25) is 10.0 Å². The van der Waals surface area contributed by atoms with Crippen LogP contribution in [0.3, 0.4) is 0 Å². The predicted molar refractivity (Wildman–Crippen MR) is 81.9 cm³/mol. The van der Waals surface area contributed by atoms with Crippen LogP contribution < -0.4 is 9.89 Å². The van der Waals surface area contributed by atoms with E-state index in [1.54, 1.807) is 6.07 Å². The van der Waals surface area contributed by atoms with E-state index in [2.05, 4.69) is 4.99 Å². The zero-order valence-electron chi connectivity index (χ0n) is 11.3. The van der Waals surface area contributed by atoms with Crippen molar-refractivity contribution < 1.29 is 10.0 Å². The van der Waals surface area contributed by atoms with Crippen molar-refractivity contribution in [2.75, 3.05) is 6.54 Å². The molecule has 0 atom stereocenters. The summed E-state index contributed by atoms with van der Waals surface area (Å²) in [6.07, 6.45) is 0.850. The van der Waals surface area contributed by atoms with Gasteiger partial charge in [0.05, 0.1) is 5.70 Å². The number of thiophene rings is 1. The van der Waals surface area contributed by atoms with Crippen molar-refractivity contribution in [3.63, 3.8) is 0 Å². The lowest BCUT2D eigenvalue weighted by atomic mass is 10.1. The summed E-state index contributed by atoms with van der Waals surface area (Å²) in [5, 5.41) is 12.5. The predicted octanol–water partition coefficient (Wildman–Crippen LogP) is 1.97. The molecule has 2 heterocycles. The number of rotatable bonds is 2. The molecule has 0 fully saturated rings. The zero-order valence-corrected chi connectivity index (χ0v) is 12.9. The number of hydrogen-bond acceptors (Lipinski definition) is 4. The molecular formula is C15H13ClN2O2S. The summed E-state index contributed by atoms with van der Waals surface area (Å²) >= 11 is 7.72. The fourth-order valence-electron chi connectivity index (χ4n) is 2.29. The average Bonchev–Trinajstić information content (AvgIpc) is 2.79. The van der Waals surface area contributed by atoms with E-state index in [1.165, 1.54) is 11.3 Å². The van der Waals surface area contributed by atoms with Crippen LogP contribution in [0.5, 0.6) is 0 Å². The van der Waals surface area contributed by atoms with Crippen LogP contribution in [0.2, 0.25) is 5.02 Å². The van der Waals surface area contributed by atoms with E-state index in [4.69, 9.17) is 11.6 Å². The Hall–Kier alpha value is -1.69. The Kier molecular flexibility index (Phi) is 3.80. The van der Waals surface area contributed by atoms with E-state index in [-0.39, 0.29) is 12.5 Å². The van der Waals surface area contributed by atoms with E-state index < -0.39 is 0 Å². The summed E-state index contributed by atoms with van der Waals surface area (Å²) in [5.41, 5.74) is 1.22. The normalized spacial score (nSPS) is 14.7. The molecule has 0 saturated heterocycles. The van der Waals surface area contributed by atoms with Gasteiger partial charge in [0.2, 0.25) is 0 Å². The molecule has 0 aliphatic carbocycles. The van der Waals surface area contributed by atoms with Crippen molar-refractivity contribution in [2.24, 2.45) is 4.99 Å². The molecule has 1 aliphatic rings. The molecule has 1 N–H and O–H groups in total. The molecule has 3 rings (SSSR count). The highest BCUT2D eigenvalue weighted by atomic mass is 35.5. The molecule has 6 heteroatoms. The number of hydrogen-bond donors (Lipinski definition) is 1. The Morgan fingerprint density at radius 3 is 2.90 bits per heavy atom. The Balaban J connectivity index is 2.40. The molecule has 0 spiro atoms. The first-order valence-electron chi connectivity index (χ1n) is 6.56. The van der Waals surface area contributed by atoms with Gasteiger partial charge in [0.25, 0.3) is 5.91 Å². The third kappa shape index (κ3) is 2.60. The van der Waals surface area contributed by atoms with E-state index in [0.717, 1.165) is 21.6 Å². The molecule has 1 aliphatic heterocycles. The molecule has 1 aromatic heterocycles. The molecule has 0 unspecified atom stereocenters. The minimum atomic E-state index is -0.370. The largest absolute Gasteiger partial charge is 0.288 e. The second-order valence-corrected chi connectivity index (χ2v) is 6.20. The van der Waals surface area contributed by atoms with Crippen LogP contribution >= 0.6 is 22.9 Å². The maximum absolute atomic E-state index is 11.8. The quantitative estimate of drug-likeness (QED) is 0.920. The van der Waals surface area contributed by atoms with Crippen LogP contribution in [0, 0.1) is 0 Å². The first-order valence-corrected chi connectivity index (χ1v) is 7.75. The van der Waals surface area contributed by atoms with Crippen LogP contribution in [0.25, 0.3) is 5.70 Å². The van der Waals surface area contributed by atoms with Crippen molar-refractivity contribution in [2.45, 2.75) is 13.3 Å². The number of halogens is 1. The van der Waals surface area contributed by atoms with Gasteiger partial charge in [-0.1, -0.05) is 36.7 Å². The van der Waals surface area contributed by atoms with Gasteiger partial charge in [0.15, 0.2) is 0 Å². The highest BCUT2D eigenvalue weighted by Gasteiger charge is 2.21. The van der Waals surface area contributed by atoms with Crippen LogP contribution in [-0.4, -0.2) is 22.7 Å². The summed E-state index contributed by atoms with van der Waals surface area (Å²) in [7, 11) is 0. The van der Waals surface area contributed by atoms with Crippen LogP contribution in [0.4, 0.5) is 0 Å².